The summed E-state index contributed by atoms with van der Waals surface area (Å²) < 4.78 is 0. The number of hydrogen-bond donors (Lipinski definition) is 0. The van der Waals surface area contributed by atoms with Crippen LogP contribution < -0.4 is 23.8 Å². The first-order chi connectivity index (χ1) is 6.86. The molecule has 0 spiro atoms. The van der Waals surface area contributed by atoms with E-state index in [0.29, 0.717) is 0 Å². The van der Waals surface area contributed by atoms with Crippen molar-refractivity contribution in [3.05, 3.63) is 18.1 Å². The van der Waals surface area contributed by atoms with Gasteiger partial charge in [-0.15, -0.1) is 6.07 Å². The Kier molecular flexibility index (Phi) is 5.14. The van der Waals surface area contributed by atoms with E-state index in [1.807, 2.05) is 13.0 Å². The average molecular weight is 197 g/mol. The zero-order chi connectivity index (χ0) is 9.80. The number of nitrogens with zero attached hydrogens (tertiary/aromatic N) is 3. The molecule has 1 aliphatic rings. The van der Waals surface area contributed by atoms with Crippen molar-refractivity contribution in [2.24, 2.45) is 0 Å². The average Bonchev–Trinajstić information content (AvgIpc) is 2.45. The first kappa shape index (κ1) is 12.5. The van der Waals surface area contributed by atoms with E-state index in [2.05, 4.69) is 21.1 Å². The van der Waals surface area contributed by atoms with Gasteiger partial charge in [0.15, 0.2) is 0 Å². The normalized spacial score (nSPS) is 16.7. The SMILES string of the molecule is Cc1n[c-]cc(N2CCCCCC2)n1.[Li+]. The Balaban J connectivity index is 0.00000112. The van der Waals surface area contributed by atoms with Gasteiger partial charge in [0.2, 0.25) is 0 Å². The Labute approximate surface area is 103 Å². The van der Waals surface area contributed by atoms with Crippen LogP contribution >= 0.6 is 0 Å². The predicted molar refractivity (Wildman–Crippen MR) is 56.3 cm³/mol. The van der Waals surface area contributed by atoms with Gasteiger partial charge in [-0.05, 0) is 12.8 Å². The number of hydrogen-bond acceptors (Lipinski definition) is 3. The molecule has 0 atom stereocenters. The monoisotopic (exact) mass is 197 g/mol. The molecule has 1 aromatic rings. The van der Waals surface area contributed by atoms with E-state index in [1.165, 1.54) is 25.7 Å². The van der Waals surface area contributed by atoms with Crippen molar-refractivity contribution in [1.82, 2.24) is 9.97 Å². The number of aromatic nitrogens is 2. The molecule has 1 saturated heterocycles. The summed E-state index contributed by atoms with van der Waals surface area (Å²) in [5, 5.41) is 0. The molecule has 0 bridgehead atoms. The molecule has 1 aliphatic heterocycles. The first-order valence-corrected chi connectivity index (χ1v) is 5.33. The summed E-state index contributed by atoms with van der Waals surface area (Å²) in [6.45, 7) is 4.17. The molecule has 0 aliphatic carbocycles. The fourth-order valence-electron chi connectivity index (χ4n) is 1.87. The molecule has 4 heteroatoms. The summed E-state index contributed by atoms with van der Waals surface area (Å²) >= 11 is 0. The van der Waals surface area contributed by atoms with Crippen molar-refractivity contribution in [1.29, 1.82) is 0 Å². The van der Waals surface area contributed by atoms with Crippen LogP contribution in [0.5, 0.6) is 0 Å². The summed E-state index contributed by atoms with van der Waals surface area (Å²) in [5.74, 6) is 1.85. The van der Waals surface area contributed by atoms with E-state index < -0.39 is 0 Å². The summed E-state index contributed by atoms with van der Waals surface area (Å²) in [6, 6.07) is 1.89. The van der Waals surface area contributed by atoms with Crippen LogP contribution in [0, 0.1) is 13.1 Å². The Morgan fingerprint density at radius 2 is 1.87 bits per heavy atom. The van der Waals surface area contributed by atoms with Gasteiger partial charge in [0, 0.05) is 24.7 Å². The number of rotatable bonds is 1. The van der Waals surface area contributed by atoms with Gasteiger partial charge in [-0.1, -0.05) is 26.0 Å². The van der Waals surface area contributed by atoms with Gasteiger partial charge in [0.1, 0.15) is 0 Å². The van der Waals surface area contributed by atoms with Gasteiger partial charge >= 0.3 is 18.9 Å². The van der Waals surface area contributed by atoms with Gasteiger partial charge in [-0.3, -0.25) is 0 Å². The predicted octanol–water partition coefficient (Wildman–Crippen LogP) is -1.03. The Hall–Kier alpha value is -0.523. The van der Waals surface area contributed by atoms with Crippen molar-refractivity contribution >= 4 is 5.82 Å². The van der Waals surface area contributed by atoms with E-state index in [-0.39, 0.29) is 18.9 Å². The van der Waals surface area contributed by atoms with Gasteiger partial charge < -0.3 is 14.9 Å². The van der Waals surface area contributed by atoms with Crippen LogP contribution in [0.25, 0.3) is 0 Å². The van der Waals surface area contributed by atoms with Gasteiger partial charge in [-0.2, -0.15) is 0 Å². The van der Waals surface area contributed by atoms with Crippen molar-refractivity contribution in [2.45, 2.75) is 32.6 Å². The van der Waals surface area contributed by atoms with Crippen LogP contribution in [0.3, 0.4) is 0 Å². The molecular weight excluding hydrogens is 181 g/mol. The maximum Gasteiger partial charge on any atom is 1.00 e. The molecule has 0 saturated carbocycles. The summed E-state index contributed by atoms with van der Waals surface area (Å²) in [7, 11) is 0. The molecule has 15 heavy (non-hydrogen) atoms. The Bertz CT molecular complexity index is 296. The van der Waals surface area contributed by atoms with Crippen LogP contribution in [0.15, 0.2) is 6.07 Å². The second kappa shape index (κ2) is 6.15. The molecule has 0 radical (unpaired) electrons. The Morgan fingerprint density at radius 3 is 2.47 bits per heavy atom. The molecule has 1 fully saturated rings. The van der Waals surface area contributed by atoms with Gasteiger partial charge in [-0.25, -0.2) is 0 Å². The fraction of sp³-hybridized carbons (Fsp3) is 0.636. The molecule has 0 N–H and O–H groups in total. The van der Waals surface area contributed by atoms with Crippen molar-refractivity contribution in [2.75, 3.05) is 18.0 Å². The summed E-state index contributed by atoms with van der Waals surface area (Å²) in [6.07, 6.45) is 8.16. The van der Waals surface area contributed by atoms with Crippen molar-refractivity contribution in [3.8, 4) is 0 Å². The minimum absolute atomic E-state index is 0. The molecular formula is C11H16LiN3. The van der Waals surface area contributed by atoms with Crippen LogP contribution in [-0.2, 0) is 0 Å². The maximum absolute atomic E-state index is 4.42. The van der Waals surface area contributed by atoms with Crippen LogP contribution in [0.4, 0.5) is 5.82 Å². The van der Waals surface area contributed by atoms with Crippen LogP contribution in [-0.4, -0.2) is 23.1 Å². The van der Waals surface area contributed by atoms with Crippen molar-refractivity contribution in [3.63, 3.8) is 0 Å². The smallest absolute Gasteiger partial charge is 0.409 e. The number of aryl methyl sites for hydroxylation is 1. The molecule has 2 rings (SSSR count). The van der Waals surface area contributed by atoms with E-state index in [1.54, 1.807) is 0 Å². The standard InChI is InChI=1S/C11H16N3.Li/c1-10-12-7-6-11(13-10)14-8-4-2-3-5-9-14;/h6H,2-5,8-9H2,1H3;/q-1;+1. The van der Waals surface area contributed by atoms with Gasteiger partial charge in [0.25, 0.3) is 0 Å². The number of anilines is 1. The third-order valence-corrected chi connectivity index (χ3v) is 2.63. The second-order valence-electron chi connectivity index (χ2n) is 3.80. The van der Waals surface area contributed by atoms with E-state index >= 15 is 0 Å². The van der Waals surface area contributed by atoms with Gasteiger partial charge in [0.05, 0.1) is 0 Å². The maximum atomic E-state index is 4.42. The van der Waals surface area contributed by atoms with E-state index in [9.17, 15) is 0 Å². The largest absolute Gasteiger partial charge is 1.00 e. The molecule has 3 nitrogen and oxygen atoms in total. The quantitative estimate of drug-likeness (QED) is 0.426. The molecule has 0 amide bonds. The van der Waals surface area contributed by atoms with Crippen LogP contribution in [0.1, 0.15) is 31.5 Å². The molecule has 0 aromatic carbocycles. The first-order valence-electron chi connectivity index (χ1n) is 5.33. The fourth-order valence-corrected chi connectivity index (χ4v) is 1.87. The van der Waals surface area contributed by atoms with E-state index in [4.69, 9.17) is 0 Å². The molecule has 76 valence electrons. The molecule has 1 aromatic heterocycles. The minimum Gasteiger partial charge on any atom is -0.409 e. The Morgan fingerprint density at radius 1 is 1.20 bits per heavy atom. The van der Waals surface area contributed by atoms with Crippen molar-refractivity contribution < 1.29 is 18.9 Å². The zero-order valence-electron chi connectivity index (χ0n) is 9.66. The van der Waals surface area contributed by atoms with E-state index in [0.717, 1.165) is 24.7 Å². The molecule has 0 unspecified atom stereocenters. The topological polar surface area (TPSA) is 29.0 Å². The third kappa shape index (κ3) is 3.51. The zero-order valence-corrected chi connectivity index (χ0v) is 9.66. The summed E-state index contributed by atoms with van der Waals surface area (Å²) in [4.78, 5) is 10.8. The van der Waals surface area contributed by atoms with Crippen LogP contribution in [0.2, 0.25) is 0 Å². The third-order valence-electron chi connectivity index (χ3n) is 2.63. The molecule has 2 heterocycles. The second-order valence-corrected chi connectivity index (χ2v) is 3.80. The minimum atomic E-state index is 0. The summed E-state index contributed by atoms with van der Waals surface area (Å²) in [5.41, 5.74) is 0.